The van der Waals surface area contributed by atoms with E-state index >= 15 is 0 Å². The minimum atomic E-state index is -0.352. The lowest BCUT2D eigenvalue weighted by atomic mass is 10.1. The van der Waals surface area contributed by atoms with E-state index in [9.17, 15) is 13.6 Å². The summed E-state index contributed by atoms with van der Waals surface area (Å²) in [5.74, 6) is -0.678. The number of amides is 2. The van der Waals surface area contributed by atoms with Crippen molar-refractivity contribution in [3.05, 3.63) is 59.7 Å². The summed E-state index contributed by atoms with van der Waals surface area (Å²) < 4.78 is 26.2. The van der Waals surface area contributed by atoms with Gasteiger partial charge >= 0.3 is 6.03 Å². The quantitative estimate of drug-likeness (QED) is 0.847. The van der Waals surface area contributed by atoms with E-state index in [-0.39, 0.29) is 17.7 Å². The topological polar surface area (TPSA) is 32.3 Å². The van der Waals surface area contributed by atoms with Crippen molar-refractivity contribution in [1.82, 2.24) is 0 Å². The number of carbonyl (C=O) groups is 1. The second kappa shape index (κ2) is 4.92. The van der Waals surface area contributed by atoms with Crippen molar-refractivity contribution >= 4 is 17.4 Å². The predicted molar refractivity (Wildman–Crippen MR) is 72.9 cm³/mol. The fourth-order valence-corrected chi connectivity index (χ4v) is 2.27. The molecule has 0 aromatic heterocycles. The van der Waals surface area contributed by atoms with E-state index in [1.165, 1.54) is 29.2 Å². The minimum absolute atomic E-state index is 0.304. The zero-order valence-electron chi connectivity index (χ0n) is 10.6. The number of benzene rings is 2. The predicted octanol–water partition coefficient (Wildman–Crippen LogP) is 3.56. The number of anilines is 2. The number of hydrogen-bond donors (Lipinski definition) is 1. The number of fused-ring (bicyclic) bond motifs is 1. The molecule has 5 heteroatoms. The van der Waals surface area contributed by atoms with E-state index < -0.39 is 0 Å². The summed E-state index contributed by atoms with van der Waals surface area (Å²) in [7, 11) is 0. The van der Waals surface area contributed by atoms with Crippen molar-refractivity contribution in [3.63, 3.8) is 0 Å². The van der Waals surface area contributed by atoms with Crippen LogP contribution in [-0.2, 0) is 6.42 Å². The average Bonchev–Trinajstić information content (AvgIpc) is 2.58. The molecule has 0 fully saturated rings. The maximum atomic E-state index is 13.2. The van der Waals surface area contributed by atoms with Gasteiger partial charge in [-0.1, -0.05) is 0 Å². The fourth-order valence-electron chi connectivity index (χ4n) is 2.27. The highest BCUT2D eigenvalue weighted by Crippen LogP contribution is 2.24. The summed E-state index contributed by atoms with van der Waals surface area (Å²) in [6.45, 7) is 0.411. The van der Waals surface area contributed by atoms with E-state index in [0.717, 1.165) is 5.56 Å². The molecule has 2 amide bonds. The van der Waals surface area contributed by atoms with Crippen LogP contribution in [0.5, 0.6) is 0 Å². The van der Waals surface area contributed by atoms with Gasteiger partial charge in [-0.3, -0.25) is 4.90 Å². The number of hydrogen-bond acceptors (Lipinski definition) is 1. The van der Waals surface area contributed by atoms with E-state index in [2.05, 4.69) is 5.32 Å². The van der Waals surface area contributed by atoms with Crippen LogP contribution >= 0.6 is 0 Å². The van der Waals surface area contributed by atoms with Crippen molar-refractivity contribution in [3.8, 4) is 0 Å². The summed E-state index contributed by atoms with van der Waals surface area (Å²) in [5.41, 5.74) is 1.97. The lowest BCUT2D eigenvalue weighted by Crippen LogP contribution is -2.34. The monoisotopic (exact) mass is 274 g/mol. The third kappa shape index (κ3) is 2.34. The van der Waals surface area contributed by atoms with Crippen LogP contribution < -0.4 is 10.2 Å². The molecule has 102 valence electrons. The number of halogens is 2. The maximum absolute atomic E-state index is 13.2. The summed E-state index contributed by atoms with van der Waals surface area (Å²) in [6.07, 6.45) is 0.531. The van der Waals surface area contributed by atoms with E-state index in [4.69, 9.17) is 0 Å². The maximum Gasteiger partial charge on any atom is 0.326 e. The van der Waals surface area contributed by atoms with Crippen LogP contribution in [0.1, 0.15) is 5.56 Å². The highest BCUT2D eigenvalue weighted by Gasteiger charge is 2.21. The first-order valence-corrected chi connectivity index (χ1v) is 6.26. The Morgan fingerprint density at radius 3 is 2.45 bits per heavy atom. The van der Waals surface area contributed by atoms with E-state index in [1.807, 2.05) is 0 Å². The van der Waals surface area contributed by atoms with Crippen LogP contribution in [0.2, 0.25) is 0 Å². The third-order valence-corrected chi connectivity index (χ3v) is 3.30. The van der Waals surface area contributed by atoms with Gasteiger partial charge in [0, 0.05) is 17.9 Å². The van der Waals surface area contributed by atoms with Crippen LogP contribution in [0.4, 0.5) is 25.0 Å². The first kappa shape index (κ1) is 12.6. The summed E-state index contributed by atoms with van der Waals surface area (Å²) in [4.78, 5) is 13.7. The molecule has 1 heterocycles. The van der Waals surface area contributed by atoms with Crippen LogP contribution in [-0.4, -0.2) is 12.6 Å². The number of carbonyl (C=O) groups excluding carboxylic acids is 1. The number of rotatable bonds is 1. The molecule has 0 saturated heterocycles. The Morgan fingerprint density at radius 1 is 1.00 bits per heavy atom. The van der Waals surface area contributed by atoms with Gasteiger partial charge in [-0.2, -0.15) is 0 Å². The molecule has 0 spiro atoms. The minimum Gasteiger partial charge on any atom is -0.307 e. The van der Waals surface area contributed by atoms with Gasteiger partial charge in [-0.15, -0.1) is 0 Å². The molecule has 2 aromatic rings. The normalized spacial score (nSPS) is 14.5. The van der Waals surface area contributed by atoms with Gasteiger partial charge in [-0.05, 0) is 54.4 Å². The molecule has 0 saturated carbocycles. The molecule has 0 radical (unpaired) electrons. The summed E-state index contributed by atoms with van der Waals surface area (Å²) in [5, 5.41) is 2.74. The Balaban J connectivity index is 1.91. The first-order chi connectivity index (χ1) is 9.63. The Kier molecular flexibility index (Phi) is 3.10. The standard InChI is InChI=1S/C15H12F2N2O/c16-11-1-4-13(5-2-11)19-8-7-10-9-12(17)3-6-14(10)18-15(19)20/h1-6,9H,7-8H2,(H,18,20). The molecule has 3 nitrogen and oxygen atoms in total. The van der Waals surface area contributed by atoms with Gasteiger partial charge < -0.3 is 5.32 Å². The average molecular weight is 274 g/mol. The number of urea groups is 1. The fraction of sp³-hybridized carbons (Fsp3) is 0.133. The molecular formula is C15H12F2N2O. The molecular weight excluding hydrogens is 262 g/mol. The van der Waals surface area contributed by atoms with Gasteiger partial charge in [0.2, 0.25) is 0 Å². The highest BCUT2D eigenvalue weighted by atomic mass is 19.1. The zero-order chi connectivity index (χ0) is 14.1. The largest absolute Gasteiger partial charge is 0.326 e. The van der Waals surface area contributed by atoms with Crippen molar-refractivity contribution < 1.29 is 13.6 Å². The van der Waals surface area contributed by atoms with Gasteiger partial charge in [0.05, 0.1) is 0 Å². The lowest BCUT2D eigenvalue weighted by molar-refractivity contribution is 0.257. The van der Waals surface area contributed by atoms with E-state index in [0.29, 0.717) is 24.3 Å². The first-order valence-electron chi connectivity index (χ1n) is 6.26. The smallest absolute Gasteiger partial charge is 0.307 e. The van der Waals surface area contributed by atoms with Crippen LogP contribution in [0.25, 0.3) is 0 Å². The van der Waals surface area contributed by atoms with Gasteiger partial charge in [0.25, 0.3) is 0 Å². The number of nitrogens with zero attached hydrogens (tertiary/aromatic N) is 1. The third-order valence-electron chi connectivity index (χ3n) is 3.30. The van der Waals surface area contributed by atoms with Crippen molar-refractivity contribution in [2.75, 3.05) is 16.8 Å². The molecule has 0 unspecified atom stereocenters. The molecule has 20 heavy (non-hydrogen) atoms. The SMILES string of the molecule is O=C1Nc2ccc(F)cc2CCN1c1ccc(F)cc1. The Labute approximate surface area is 114 Å². The Hall–Kier alpha value is -2.43. The zero-order valence-corrected chi connectivity index (χ0v) is 10.6. The van der Waals surface area contributed by atoms with Crippen molar-refractivity contribution in [2.45, 2.75) is 6.42 Å². The Morgan fingerprint density at radius 2 is 1.70 bits per heavy atom. The van der Waals surface area contributed by atoms with Crippen LogP contribution in [0.3, 0.4) is 0 Å². The second-order valence-corrected chi connectivity index (χ2v) is 4.61. The summed E-state index contributed by atoms with van der Waals surface area (Å²) in [6, 6.07) is 9.69. The molecule has 0 aliphatic carbocycles. The highest BCUT2D eigenvalue weighted by molar-refractivity contribution is 6.02. The number of nitrogens with one attached hydrogen (secondary N) is 1. The van der Waals surface area contributed by atoms with Gasteiger partial charge in [0.1, 0.15) is 11.6 Å². The Bertz CT molecular complexity index is 655. The summed E-state index contributed by atoms with van der Waals surface area (Å²) >= 11 is 0. The molecule has 1 aliphatic heterocycles. The molecule has 1 aliphatic rings. The second-order valence-electron chi connectivity index (χ2n) is 4.61. The van der Waals surface area contributed by atoms with Crippen molar-refractivity contribution in [1.29, 1.82) is 0 Å². The molecule has 2 aromatic carbocycles. The molecule has 1 N–H and O–H groups in total. The van der Waals surface area contributed by atoms with Crippen LogP contribution in [0.15, 0.2) is 42.5 Å². The lowest BCUT2D eigenvalue weighted by Gasteiger charge is -2.20. The van der Waals surface area contributed by atoms with Crippen molar-refractivity contribution in [2.24, 2.45) is 0 Å². The van der Waals surface area contributed by atoms with Gasteiger partial charge in [-0.25, -0.2) is 13.6 Å². The van der Waals surface area contributed by atoms with E-state index in [1.54, 1.807) is 18.2 Å². The molecule has 0 bridgehead atoms. The molecule has 3 rings (SSSR count). The molecule has 0 atom stereocenters. The van der Waals surface area contributed by atoms with Crippen LogP contribution in [0, 0.1) is 11.6 Å². The van der Waals surface area contributed by atoms with Gasteiger partial charge in [0.15, 0.2) is 0 Å².